The molecule has 0 aliphatic rings. The summed E-state index contributed by atoms with van der Waals surface area (Å²) in [5.74, 6) is -0.151. The fourth-order valence-electron chi connectivity index (χ4n) is 2.70. The number of thiazole rings is 1. The Morgan fingerprint density at radius 2 is 2.04 bits per heavy atom. The van der Waals surface area contributed by atoms with Crippen molar-refractivity contribution in [2.45, 2.75) is 13.8 Å². The summed E-state index contributed by atoms with van der Waals surface area (Å²) >= 11 is 1.09. The molecule has 1 aromatic carbocycles. The van der Waals surface area contributed by atoms with Crippen LogP contribution in [0, 0.1) is 6.92 Å². The predicted molar refractivity (Wildman–Crippen MR) is 101 cm³/mol. The Balaban J connectivity index is 2.03. The highest BCUT2D eigenvalue weighted by Crippen LogP contribution is 2.24. The lowest BCUT2D eigenvalue weighted by atomic mass is 10.1. The Morgan fingerprint density at radius 3 is 2.65 bits per heavy atom. The van der Waals surface area contributed by atoms with Gasteiger partial charge in [-0.1, -0.05) is 11.3 Å². The summed E-state index contributed by atoms with van der Waals surface area (Å²) in [6.07, 6.45) is 1.48. The summed E-state index contributed by atoms with van der Waals surface area (Å²) in [6, 6.07) is 5.12. The number of hydrogen-bond donors (Lipinski definition) is 1. The number of pyridine rings is 1. The first-order valence-electron chi connectivity index (χ1n) is 7.79. The third-order valence-electron chi connectivity index (χ3n) is 3.98. The molecule has 2 aromatic heterocycles. The smallest absolute Gasteiger partial charge is 0.262 e. The van der Waals surface area contributed by atoms with E-state index in [0.717, 1.165) is 11.3 Å². The number of carbonyl (C=O) groups excluding carboxylic acids is 2. The first-order chi connectivity index (χ1) is 12.3. The summed E-state index contributed by atoms with van der Waals surface area (Å²) in [6.45, 7) is 3.14. The number of Topliss-reactive ketones (excluding diaryl/α,β-unsaturated/α-hetero) is 1. The van der Waals surface area contributed by atoms with Crippen molar-refractivity contribution in [1.82, 2.24) is 9.55 Å². The molecule has 7 nitrogen and oxygen atoms in total. The number of aryl methyl sites for hydroxylation is 2. The fourth-order valence-corrected chi connectivity index (χ4v) is 3.56. The molecule has 3 rings (SSSR count). The van der Waals surface area contributed by atoms with Gasteiger partial charge < -0.3 is 9.30 Å². The van der Waals surface area contributed by atoms with Crippen LogP contribution in [0.1, 0.15) is 32.6 Å². The zero-order chi connectivity index (χ0) is 19.0. The Bertz CT molecular complexity index is 1100. The Morgan fingerprint density at radius 1 is 1.31 bits per heavy atom. The first kappa shape index (κ1) is 17.8. The number of rotatable bonds is 4. The van der Waals surface area contributed by atoms with Gasteiger partial charge in [-0.2, -0.15) is 0 Å². The number of amides is 1. The topological polar surface area (TPSA) is 90.3 Å². The molecule has 0 bridgehead atoms. The second kappa shape index (κ2) is 6.72. The van der Waals surface area contributed by atoms with Crippen molar-refractivity contribution in [3.05, 3.63) is 50.8 Å². The van der Waals surface area contributed by atoms with E-state index in [0.29, 0.717) is 27.2 Å². The van der Waals surface area contributed by atoms with Crippen LogP contribution in [-0.2, 0) is 7.05 Å². The van der Waals surface area contributed by atoms with Crippen LogP contribution in [-0.4, -0.2) is 28.4 Å². The van der Waals surface area contributed by atoms with Gasteiger partial charge in [0.25, 0.3) is 5.91 Å². The van der Waals surface area contributed by atoms with Gasteiger partial charge in [0, 0.05) is 20.2 Å². The molecule has 3 aromatic rings. The number of methoxy groups -OCH3 is 1. The van der Waals surface area contributed by atoms with Gasteiger partial charge in [0.2, 0.25) is 5.43 Å². The van der Waals surface area contributed by atoms with Crippen LogP contribution in [0.25, 0.3) is 10.9 Å². The predicted octanol–water partition coefficient (Wildman–Crippen LogP) is 2.77. The SMILES string of the molecule is COc1ccc2c(c1)c(=O)c(C(=O)Nc1nc(C)c(C(C)=O)s1)cn2C. The summed E-state index contributed by atoms with van der Waals surface area (Å²) in [7, 11) is 3.27. The van der Waals surface area contributed by atoms with Crippen molar-refractivity contribution >= 4 is 39.1 Å². The summed E-state index contributed by atoms with van der Waals surface area (Å²) in [5.41, 5.74) is 0.838. The molecule has 1 amide bonds. The van der Waals surface area contributed by atoms with E-state index < -0.39 is 11.3 Å². The lowest BCUT2D eigenvalue weighted by Gasteiger charge is -2.10. The van der Waals surface area contributed by atoms with Crippen LogP contribution in [0.3, 0.4) is 0 Å². The average molecular weight is 371 g/mol. The standard InChI is InChI=1S/C18H17N3O4S/c1-9-16(10(2)22)26-18(19-9)20-17(24)13-8-21(3)14-6-5-11(25-4)7-12(14)15(13)23/h5-8H,1-4H3,(H,19,20,24). The molecular formula is C18H17N3O4S. The van der Waals surface area contributed by atoms with Crippen LogP contribution < -0.4 is 15.5 Å². The van der Waals surface area contributed by atoms with E-state index in [4.69, 9.17) is 4.74 Å². The number of nitrogens with zero attached hydrogens (tertiary/aromatic N) is 2. The average Bonchev–Trinajstić information content (AvgIpc) is 2.98. The van der Waals surface area contributed by atoms with Crippen molar-refractivity contribution in [3.63, 3.8) is 0 Å². The number of nitrogens with one attached hydrogen (secondary N) is 1. The monoisotopic (exact) mass is 371 g/mol. The molecule has 0 radical (unpaired) electrons. The van der Waals surface area contributed by atoms with E-state index in [1.54, 1.807) is 36.7 Å². The number of hydrogen-bond acceptors (Lipinski definition) is 6. The van der Waals surface area contributed by atoms with E-state index in [1.165, 1.54) is 20.2 Å². The fraction of sp³-hybridized carbons (Fsp3) is 0.222. The molecule has 134 valence electrons. The van der Waals surface area contributed by atoms with Gasteiger partial charge in [0.15, 0.2) is 10.9 Å². The molecule has 0 saturated carbocycles. The molecule has 0 spiro atoms. The minimum absolute atomic E-state index is 0.00881. The Hall–Kier alpha value is -3.00. The minimum atomic E-state index is -0.570. The summed E-state index contributed by atoms with van der Waals surface area (Å²) in [4.78, 5) is 41.6. The largest absolute Gasteiger partial charge is 0.497 e. The molecule has 0 aliphatic heterocycles. The van der Waals surface area contributed by atoms with Gasteiger partial charge >= 0.3 is 0 Å². The highest BCUT2D eigenvalue weighted by Gasteiger charge is 2.18. The van der Waals surface area contributed by atoms with Crippen molar-refractivity contribution in [2.24, 2.45) is 7.05 Å². The van der Waals surface area contributed by atoms with Crippen LogP contribution in [0.15, 0.2) is 29.2 Å². The molecule has 1 N–H and O–H groups in total. The maximum atomic E-state index is 12.8. The van der Waals surface area contributed by atoms with Crippen LogP contribution in [0.5, 0.6) is 5.75 Å². The normalized spacial score (nSPS) is 10.8. The van der Waals surface area contributed by atoms with Crippen LogP contribution in [0.4, 0.5) is 5.13 Å². The Labute approximate surface area is 153 Å². The number of ether oxygens (including phenoxy) is 1. The van der Waals surface area contributed by atoms with E-state index >= 15 is 0 Å². The maximum absolute atomic E-state index is 12.8. The van der Waals surface area contributed by atoms with Gasteiger partial charge in [-0.15, -0.1) is 0 Å². The van der Waals surface area contributed by atoms with Gasteiger partial charge in [-0.25, -0.2) is 4.98 Å². The first-order valence-corrected chi connectivity index (χ1v) is 8.60. The van der Waals surface area contributed by atoms with Crippen molar-refractivity contribution < 1.29 is 14.3 Å². The molecule has 0 fully saturated rings. The van der Waals surface area contributed by atoms with Crippen molar-refractivity contribution in [1.29, 1.82) is 0 Å². The van der Waals surface area contributed by atoms with E-state index in [-0.39, 0.29) is 16.5 Å². The molecular weight excluding hydrogens is 354 g/mol. The number of benzene rings is 1. The quantitative estimate of drug-likeness (QED) is 0.712. The molecule has 2 heterocycles. The summed E-state index contributed by atoms with van der Waals surface area (Å²) in [5, 5.41) is 3.28. The molecule has 0 aliphatic carbocycles. The molecule has 26 heavy (non-hydrogen) atoms. The zero-order valence-electron chi connectivity index (χ0n) is 14.7. The number of anilines is 1. The number of carbonyl (C=O) groups is 2. The van der Waals surface area contributed by atoms with Crippen molar-refractivity contribution in [3.8, 4) is 5.75 Å². The number of fused-ring (bicyclic) bond motifs is 1. The third-order valence-corrected chi connectivity index (χ3v) is 5.15. The molecule has 0 unspecified atom stereocenters. The van der Waals surface area contributed by atoms with Crippen LogP contribution >= 0.6 is 11.3 Å². The highest BCUT2D eigenvalue weighted by atomic mass is 32.1. The third kappa shape index (κ3) is 3.11. The van der Waals surface area contributed by atoms with E-state index in [9.17, 15) is 14.4 Å². The number of ketones is 1. The van der Waals surface area contributed by atoms with Gasteiger partial charge in [-0.3, -0.25) is 19.7 Å². The van der Waals surface area contributed by atoms with Crippen LogP contribution in [0.2, 0.25) is 0 Å². The minimum Gasteiger partial charge on any atom is -0.497 e. The summed E-state index contributed by atoms with van der Waals surface area (Å²) < 4.78 is 6.87. The maximum Gasteiger partial charge on any atom is 0.262 e. The van der Waals surface area contributed by atoms with E-state index in [1.807, 2.05) is 0 Å². The highest BCUT2D eigenvalue weighted by molar-refractivity contribution is 7.17. The second-order valence-corrected chi connectivity index (χ2v) is 6.81. The van der Waals surface area contributed by atoms with Gasteiger partial charge in [0.1, 0.15) is 11.3 Å². The second-order valence-electron chi connectivity index (χ2n) is 5.81. The molecule has 8 heteroatoms. The lowest BCUT2D eigenvalue weighted by molar-refractivity contribution is 0.101. The number of aromatic nitrogens is 2. The van der Waals surface area contributed by atoms with E-state index in [2.05, 4.69) is 10.3 Å². The van der Waals surface area contributed by atoms with Crippen molar-refractivity contribution in [2.75, 3.05) is 12.4 Å². The van der Waals surface area contributed by atoms with Gasteiger partial charge in [0.05, 0.1) is 28.6 Å². The Kier molecular flexibility index (Phi) is 4.60. The molecule has 0 saturated heterocycles. The lowest BCUT2D eigenvalue weighted by Crippen LogP contribution is -2.23. The molecule has 0 atom stereocenters. The van der Waals surface area contributed by atoms with Gasteiger partial charge in [-0.05, 0) is 25.1 Å². The zero-order valence-corrected chi connectivity index (χ0v) is 15.6.